The summed E-state index contributed by atoms with van der Waals surface area (Å²) in [6.07, 6.45) is 4.22. The topological polar surface area (TPSA) is 50.3 Å². The van der Waals surface area contributed by atoms with Crippen molar-refractivity contribution >= 4 is 5.82 Å². The minimum Gasteiger partial charge on any atom is -0.377 e. The lowest BCUT2D eigenvalue weighted by atomic mass is 10.0. The monoisotopic (exact) mass is 434 g/mol. The van der Waals surface area contributed by atoms with Gasteiger partial charge in [-0.15, -0.1) is 10.2 Å². The van der Waals surface area contributed by atoms with E-state index in [-0.39, 0.29) is 23.4 Å². The number of anilines is 1. The van der Waals surface area contributed by atoms with E-state index in [2.05, 4.69) is 15.5 Å². The van der Waals surface area contributed by atoms with E-state index in [1.165, 1.54) is 6.07 Å². The first-order chi connectivity index (χ1) is 15.8. The van der Waals surface area contributed by atoms with Gasteiger partial charge in [0.25, 0.3) is 0 Å². The average molecular weight is 435 g/mol. The van der Waals surface area contributed by atoms with Gasteiger partial charge >= 0.3 is 0 Å². The van der Waals surface area contributed by atoms with E-state index < -0.39 is 23.9 Å². The number of fused-ring (bicyclic) bond motifs is 1. The summed E-state index contributed by atoms with van der Waals surface area (Å²) in [5.74, 6) is -1.98. The molecular weight excluding hydrogens is 405 g/mol. The van der Waals surface area contributed by atoms with Gasteiger partial charge in [0.15, 0.2) is 11.6 Å². The third-order valence-corrected chi connectivity index (χ3v) is 6.54. The number of nitrogens with zero attached hydrogens (tertiary/aromatic N) is 3. The Labute approximate surface area is 182 Å². The molecule has 3 fully saturated rings. The van der Waals surface area contributed by atoms with Crippen molar-refractivity contribution in [2.24, 2.45) is 11.8 Å². The summed E-state index contributed by atoms with van der Waals surface area (Å²) >= 11 is 0. The first kappa shape index (κ1) is 18.4. The summed E-state index contributed by atoms with van der Waals surface area (Å²) in [7, 11) is 0. The number of ether oxygens (including phenoxy) is 1. The third-order valence-electron chi connectivity index (χ3n) is 6.54. The molecule has 1 aromatic carbocycles. The minimum atomic E-state index is -1.44. The molecule has 3 heterocycles. The molecule has 1 aromatic heterocycles. The zero-order valence-electron chi connectivity index (χ0n) is 19.2. The molecule has 1 N–H and O–H groups in total. The number of nitrogens with one attached hydrogen (secondary N) is 1. The zero-order chi connectivity index (χ0) is 23.2. The Bertz CT molecular complexity index is 990. The molecule has 2 aliphatic heterocycles. The second-order valence-electron chi connectivity index (χ2n) is 8.78. The highest BCUT2D eigenvalue weighted by Crippen LogP contribution is 2.39. The molecule has 2 saturated heterocycles. The molecule has 0 amide bonds. The predicted molar refractivity (Wildman–Crippen MR) is 111 cm³/mol. The predicted octanol–water partition coefficient (Wildman–Crippen LogP) is 4.25. The summed E-state index contributed by atoms with van der Waals surface area (Å²) in [6, 6.07) is 4.69. The van der Waals surface area contributed by atoms with Crippen LogP contribution in [0.5, 0.6) is 0 Å². The highest BCUT2D eigenvalue weighted by molar-refractivity contribution is 5.60. The Hall–Kier alpha value is -2.19. The molecule has 0 spiro atoms. The molecule has 166 valence electrons. The third kappa shape index (κ3) is 4.55. The highest BCUT2D eigenvalue weighted by atomic mass is 19.2. The van der Waals surface area contributed by atoms with Crippen LogP contribution in [0.2, 0.25) is 0 Å². The normalized spacial score (nSPS) is 30.0. The molecule has 8 heteroatoms. The van der Waals surface area contributed by atoms with Gasteiger partial charge < -0.3 is 15.0 Å². The van der Waals surface area contributed by atoms with E-state index in [1.54, 1.807) is 6.07 Å². The van der Waals surface area contributed by atoms with Crippen molar-refractivity contribution in [1.29, 1.82) is 0 Å². The van der Waals surface area contributed by atoms with Crippen LogP contribution in [0.4, 0.5) is 19.0 Å². The molecule has 3 aliphatic rings. The molecular formula is C23H27F3N4O. The van der Waals surface area contributed by atoms with Crippen LogP contribution < -0.4 is 5.32 Å². The van der Waals surface area contributed by atoms with E-state index in [0.29, 0.717) is 43.4 Å². The van der Waals surface area contributed by atoms with Crippen LogP contribution in [0, 0.1) is 29.3 Å². The van der Waals surface area contributed by atoms with Gasteiger partial charge in [0.2, 0.25) is 0 Å². The minimum absolute atomic E-state index is 0.0579. The van der Waals surface area contributed by atoms with Gasteiger partial charge in [-0.25, -0.2) is 13.2 Å². The van der Waals surface area contributed by atoms with Gasteiger partial charge in [0.1, 0.15) is 11.6 Å². The standard InChI is InChI=1S/C23H27F3N4O/c24-16-9-19(23(26)20(25)10-16)21-4-5-22(29-28-21)27-17-7-14-11-30(12-15(14)8-17)13-18-3-1-2-6-31-18/h4-5,9-10,14-15,17-18H,1-3,6-8,11-13H2,(H,27,29)/t14-,15+,17?,18-/m0/s1/i13D2. The number of hydrogen-bond donors (Lipinski definition) is 1. The zero-order valence-corrected chi connectivity index (χ0v) is 17.2. The first-order valence-corrected chi connectivity index (χ1v) is 10.9. The largest absolute Gasteiger partial charge is 0.377 e. The Kier molecular flexibility index (Phi) is 5.19. The van der Waals surface area contributed by atoms with Crippen molar-refractivity contribution < 1.29 is 20.6 Å². The number of benzene rings is 1. The Morgan fingerprint density at radius 3 is 2.58 bits per heavy atom. The molecule has 4 atom stereocenters. The van der Waals surface area contributed by atoms with E-state index in [9.17, 15) is 13.2 Å². The number of rotatable bonds is 5. The second-order valence-corrected chi connectivity index (χ2v) is 8.78. The van der Waals surface area contributed by atoms with Gasteiger partial charge in [-0.1, -0.05) is 0 Å². The maximum Gasteiger partial charge on any atom is 0.168 e. The van der Waals surface area contributed by atoms with Crippen LogP contribution in [0.3, 0.4) is 0 Å². The number of hydrogen-bond acceptors (Lipinski definition) is 5. The van der Waals surface area contributed by atoms with E-state index in [0.717, 1.165) is 38.2 Å². The van der Waals surface area contributed by atoms with E-state index in [4.69, 9.17) is 7.48 Å². The Morgan fingerprint density at radius 2 is 1.90 bits per heavy atom. The summed E-state index contributed by atoms with van der Waals surface area (Å²) in [5, 5.41) is 11.4. The van der Waals surface area contributed by atoms with Crippen LogP contribution >= 0.6 is 0 Å². The van der Waals surface area contributed by atoms with Crippen LogP contribution in [0.1, 0.15) is 34.8 Å². The van der Waals surface area contributed by atoms with Crippen molar-refractivity contribution in [3.63, 3.8) is 0 Å². The molecule has 1 unspecified atom stereocenters. The van der Waals surface area contributed by atoms with Crippen molar-refractivity contribution in [3.05, 3.63) is 41.7 Å². The first-order valence-electron chi connectivity index (χ1n) is 11.9. The van der Waals surface area contributed by atoms with Crippen LogP contribution in [-0.2, 0) is 4.74 Å². The number of likely N-dealkylation sites (tertiary alicyclic amines) is 1. The fraction of sp³-hybridized carbons (Fsp3) is 0.565. The van der Waals surface area contributed by atoms with Gasteiger partial charge in [-0.2, -0.15) is 0 Å². The molecule has 2 aromatic rings. The van der Waals surface area contributed by atoms with Crippen molar-refractivity contribution in [2.45, 2.75) is 44.2 Å². The maximum atomic E-state index is 14.0. The SMILES string of the molecule is [2H]C([2H])([C@@H]1CCCCO1)N1C[C@H]2CC(Nc3ccc(-c4cc(F)cc(F)c4F)nn3)C[C@H]2C1. The molecule has 1 aliphatic carbocycles. The quantitative estimate of drug-likeness (QED) is 0.713. The van der Waals surface area contributed by atoms with Gasteiger partial charge in [0, 0.05) is 46.6 Å². The Morgan fingerprint density at radius 1 is 1.10 bits per heavy atom. The lowest BCUT2D eigenvalue weighted by Crippen LogP contribution is -2.35. The van der Waals surface area contributed by atoms with Gasteiger partial charge in [0.05, 0.1) is 11.8 Å². The average Bonchev–Trinajstić information content (AvgIpc) is 3.37. The van der Waals surface area contributed by atoms with Crippen molar-refractivity contribution in [3.8, 4) is 11.3 Å². The molecule has 5 nitrogen and oxygen atoms in total. The summed E-state index contributed by atoms with van der Waals surface area (Å²) < 4.78 is 63.9. The molecule has 0 radical (unpaired) electrons. The summed E-state index contributed by atoms with van der Waals surface area (Å²) in [5.41, 5.74) is -0.208. The van der Waals surface area contributed by atoms with Crippen LogP contribution in [0.25, 0.3) is 11.3 Å². The van der Waals surface area contributed by atoms with Crippen LogP contribution in [-0.4, -0.2) is 53.4 Å². The number of aromatic nitrogens is 2. The van der Waals surface area contributed by atoms with Crippen LogP contribution in [0.15, 0.2) is 24.3 Å². The fourth-order valence-corrected chi connectivity index (χ4v) is 5.07. The lowest BCUT2D eigenvalue weighted by molar-refractivity contribution is -0.00303. The molecule has 31 heavy (non-hydrogen) atoms. The maximum absolute atomic E-state index is 14.0. The Balaban J connectivity index is 1.19. The van der Waals surface area contributed by atoms with Gasteiger partial charge in [-0.3, -0.25) is 0 Å². The highest BCUT2D eigenvalue weighted by Gasteiger charge is 2.41. The molecule has 1 saturated carbocycles. The second kappa shape index (κ2) is 8.74. The van der Waals surface area contributed by atoms with E-state index in [1.807, 2.05) is 4.90 Å². The molecule has 0 bridgehead atoms. The smallest absolute Gasteiger partial charge is 0.168 e. The summed E-state index contributed by atoms with van der Waals surface area (Å²) in [6.45, 7) is 0.619. The molecule has 5 rings (SSSR count). The lowest BCUT2D eigenvalue weighted by Gasteiger charge is -2.28. The van der Waals surface area contributed by atoms with Crippen molar-refractivity contribution in [2.75, 3.05) is 31.5 Å². The number of halogens is 3. The van der Waals surface area contributed by atoms with Gasteiger partial charge in [-0.05, 0) is 62.1 Å². The fourth-order valence-electron chi connectivity index (χ4n) is 5.07. The van der Waals surface area contributed by atoms with E-state index >= 15 is 0 Å². The summed E-state index contributed by atoms with van der Waals surface area (Å²) in [4.78, 5) is 1.95. The van der Waals surface area contributed by atoms with Crippen molar-refractivity contribution in [1.82, 2.24) is 15.1 Å².